The minimum Gasteiger partial charge on any atom is -0.337 e. The molecule has 0 aromatic carbocycles. The van der Waals surface area contributed by atoms with Crippen LogP contribution in [0.15, 0.2) is 12.4 Å². The number of aromatic nitrogens is 2. The Bertz CT molecular complexity index is 298. The SMILES string of the molecule is Cn1ccnc1CNC1CCCCCCC1. The number of nitrogens with zero attached hydrogens (tertiary/aromatic N) is 2. The summed E-state index contributed by atoms with van der Waals surface area (Å²) in [5.74, 6) is 1.14. The Morgan fingerprint density at radius 2 is 1.94 bits per heavy atom. The molecule has 0 amide bonds. The fourth-order valence-corrected chi connectivity index (χ4v) is 2.46. The highest BCUT2D eigenvalue weighted by molar-refractivity contribution is 4.91. The van der Waals surface area contributed by atoms with E-state index >= 15 is 0 Å². The normalized spacial score (nSPS) is 19.3. The Hall–Kier alpha value is -0.830. The minimum absolute atomic E-state index is 0.706. The predicted octanol–water partition coefficient (Wildman–Crippen LogP) is 2.62. The van der Waals surface area contributed by atoms with Gasteiger partial charge in [-0.05, 0) is 12.8 Å². The van der Waals surface area contributed by atoms with Crippen molar-refractivity contribution in [3.8, 4) is 0 Å². The molecule has 1 aromatic heterocycles. The number of nitrogens with one attached hydrogen (secondary N) is 1. The summed E-state index contributed by atoms with van der Waals surface area (Å²) in [5.41, 5.74) is 0. The Morgan fingerprint density at radius 3 is 2.56 bits per heavy atom. The Balaban J connectivity index is 1.77. The second-order valence-electron chi connectivity index (χ2n) is 4.88. The van der Waals surface area contributed by atoms with Crippen LogP contribution in [0.25, 0.3) is 0 Å². The highest BCUT2D eigenvalue weighted by Crippen LogP contribution is 2.17. The van der Waals surface area contributed by atoms with Gasteiger partial charge < -0.3 is 9.88 Å². The molecule has 0 bridgehead atoms. The maximum Gasteiger partial charge on any atom is 0.122 e. The summed E-state index contributed by atoms with van der Waals surface area (Å²) in [6, 6.07) is 0.706. The lowest BCUT2D eigenvalue weighted by molar-refractivity contribution is 0.384. The zero-order chi connectivity index (χ0) is 11.2. The zero-order valence-corrected chi connectivity index (χ0v) is 10.3. The fourth-order valence-electron chi connectivity index (χ4n) is 2.46. The molecular formula is C13H23N3. The van der Waals surface area contributed by atoms with Crippen LogP contribution in [0.3, 0.4) is 0 Å². The third-order valence-electron chi connectivity index (χ3n) is 3.57. The highest BCUT2D eigenvalue weighted by atomic mass is 15.1. The summed E-state index contributed by atoms with van der Waals surface area (Å²) >= 11 is 0. The topological polar surface area (TPSA) is 29.9 Å². The monoisotopic (exact) mass is 221 g/mol. The molecule has 1 aliphatic carbocycles. The molecule has 0 spiro atoms. The summed E-state index contributed by atoms with van der Waals surface area (Å²) in [6.07, 6.45) is 13.6. The smallest absolute Gasteiger partial charge is 0.122 e. The Kier molecular flexibility index (Phi) is 4.40. The molecule has 0 unspecified atom stereocenters. The van der Waals surface area contributed by atoms with Crippen molar-refractivity contribution in [1.82, 2.24) is 14.9 Å². The molecule has 1 saturated carbocycles. The number of hydrogen-bond donors (Lipinski definition) is 1. The number of hydrogen-bond acceptors (Lipinski definition) is 2. The molecule has 3 nitrogen and oxygen atoms in total. The molecule has 1 fully saturated rings. The molecule has 1 aliphatic rings. The maximum atomic E-state index is 4.34. The van der Waals surface area contributed by atoms with E-state index in [1.165, 1.54) is 44.9 Å². The van der Waals surface area contributed by atoms with Crippen molar-refractivity contribution in [1.29, 1.82) is 0 Å². The summed E-state index contributed by atoms with van der Waals surface area (Å²) in [6.45, 7) is 0.911. The fraction of sp³-hybridized carbons (Fsp3) is 0.769. The second-order valence-corrected chi connectivity index (χ2v) is 4.88. The summed E-state index contributed by atoms with van der Waals surface area (Å²) in [5, 5.41) is 3.65. The lowest BCUT2D eigenvalue weighted by atomic mass is 9.97. The van der Waals surface area contributed by atoms with Crippen molar-refractivity contribution in [2.75, 3.05) is 0 Å². The molecule has 0 aliphatic heterocycles. The first kappa shape index (κ1) is 11.6. The van der Waals surface area contributed by atoms with Gasteiger partial charge in [0.25, 0.3) is 0 Å². The van der Waals surface area contributed by atoms with Gasteiger partial charge in [0.2, 0.25) is 0 Å². The van der Waals surface area contributed by atoms with E-state index in [-0.39, 0.29) is 0 Å². The molecule has 1 aromatic rings. The van der Waals surface area contributed by atoms with Crippen LogP contribution in [0.2, 0.25) is 0 Å². The van der Waals surface area contributed by atoms with Crippen LogP contribution in [0.1, 0.15) is 50.8 Å². The van der Waals surface area contributed by atoms with Gasteiger partial charge in [-0.1, -0.05) is 32.1 Å². The van der Waals surface area contributed by atoms with Gasteiger partial charge in [-0.25, -0.2) is 4.98 Å². The van der Waals surface area contributed by atoms with Crippen molar-refractivity contribution < 1.29 is 0 Å². The third-order valence-corrected chi connectivity index (χ3v) is 3.57. The molecular weight excluding hydrogens is 198 g/mol. The van der Waals surface area contributed by atoms with E-state index in [0.29, 0.717) is 6.04 Å². The quantitative estimate of drug-likeness (QED) is 0.850. The van der Waals surface area contributed by atoms with E-state index in [1.807, 2.05) is 12.4 Å². The van der Waals surface area contributed by atoms with Gasteiger partial charge in [-0.15, -0.1) is 0 Å². The van der Waals surface area contributed by atoms with Crippen molar-refractivity contribution in [3.05, 3.63) is 18.2 Å². The minimum atomic E-state index is 0.706. The molecule has 0 saturated heterocycles. The van der Waals surface area contributed by atoms with Crippen LogP contribution in [-0.2, 0) is 13.6 Å². The number of rotatable bonds is 3. The molecule has 3 heteroatoms. The van der Waals surface area contributed by atoms with E-state index in [1.54, 1.807) is 0 Å². The summed E-state index contributed by atoms with van der Waals surface area (Å²) in [4.78, 5) is 4.34. The van der Waals surface area contributed by atoms with Crippen LogP contribution < -0.4 is 5.32 Å². The van der Waals surface area contributed by atoms with Crippen LogP contribution in [-0.4, -0.2) is 15.6 Å². The van der Waals surface area contributed by atoms with E-state index < -0.39 is 0 Å². The number of imidazole rings is 1. The molecule has 90 valence electrons. The van der Waals surface area contributed by atoms with Crippen LogP contribution in [0.5, 0.6) is 0 Å². The van der Waals surface area contributed by atoms with Gasteiger partial charge in [0.1, 0.15) is 5.82 Å². The van der Waals surface area contributed by atoms with Crippen molar-refractivity contribution in [3.63, 3.8) is 0 Å². The third kappa shape index (κ3) is 3.34. The number of aryl methyl sites for hydroxylation is 1. The van der Waals surface area contributed by atoms with Gasteiger partial charge in [0.15, 0.2) is 0 Å². The lowest BCUT2D eigenvalue weighted by Gasteiger charge is -2.20. The Labute approximate surface area is 98.3 Å². The molecule has 1 heterocycles. The molecule has 0 radical (unpaired) electrons. The van der Waals surface area contributed by atoms with Crippen molar-refractivity contribution in [2.45, 2.75) is 57.5 Å². The molecule has 16 heavy (non-hydrogen) atoms. The van der Waals surface area contributed by atoms with Crippen LogP contribution in [0, 0.1) is 0 Å². The first-order valence-electron chi connectivity index (χ1n) is 6.56. The average Bonchev–Trinajstić information content (AvgIpc) is 2.63. The summed E-state index contributed by atoms with van der Waals surface area (Å²) < 4.78 is 2.09. The lowest BCUT2D eigenvalue weighted by Crippen LogP contribution is -2.30. The van der Waals surface area contributed by atoms with Gasteiger partial charge in [0.05, 0.1) is 6.54 Å². The van der Waals surface area contributed by atoms with E-state index in [9.17, 15) is 0 Å². The largest absolute Gasteiger partial charge is 0.337 e. The predicted molar refractivity (Wildman–Crippen MR) is 66.2 cm³/mol. The maximum absolute atomic E-state index is 4.34. The van der Waals surface area contributed by atoms with E-state index in [2.05, 4.69) is 21.9 Å². The van der Waals surface area contributed by atoms with E-state index in [0.717, 1.165) is 12.4 Å². The van der Waals surface area contributed by atoms with E-state index in [4.69, 9.17) is 0 Å². The standard InChI is InChI=1S/C13H23N3/c1-16-10-9-14-13(16)11-15-12-7-5-3-2-4-6-8-12/h9-10,12,15H,2-8,11H2,1H3. The van der Waals surface area contributed by atoms with Gasteiger partial charge in [-0.3, -0.25) is 0 Å². The first-order chi connectivity index (χ1) is 7.86. The average molecular weight is 221 g/mol. The molecule has 1 N–H and O–H groups in total. The Morgan fingerprint density at radius 1 is 1.25 bits per heavy atom. The van der Waals surface area contributed by atoms with Crippen LogP contribution >= 0.6 is 0 Å². The molecule has 0 atom stereocenters. The van der Waals surface area contributed by atoms with Crippen LogP contribution in [0.4, 0.5) is 0 Å². The second kappa shape index (κ2) is 6.04. The first-order valence-corrected chi connectivity index (χ1v) is 6.56. The summed E-state index contributed by atoms with van der Waals surface area (Å²) in [7, 11) is 2.06. The van der Waals surface area contributed by atoms with Gasteiger partial charge in [0, 0.05) is 25.5 Å². The highest BCUT2D eigenvalue weighted by Gasteiger charge is 2.11. The van der Waals surface area contributed by atoms with Crippen molar-refractivity contribution in [2.24, 2.45) is 7.05 Å². The molecule has 2 rings (SSSR count). The van der Waals surface area contributed by atoms with Gasteiger partial charge in [-0.2, -0.15) is 0 Å². The zero-order valence-electron chi connectivity index (χ0n) is 10.3. The van der Waals surface area contributed by atoms with Crippen molar-refractivity contribution >= 4 is 0 Å². The van der Waals surface area contributed by atoms with Gasteiger partial charge >= 0.3 is 0 Å².